The van der Waals surface area contributed by atoms with Gasteiger partial charge < -0.3 is 9.47 Å². The van der Waals surface area contributed by atoms with Gasteiger partial charge in [-0.15, -0.1) is 0 Å². The van der Waals surface area contributed by atoms with Gasteiger partial charge in [-0.25, -0.2) is 9.18 Å². The van der Waals surface area contributed by atoms with Crippen LogP contribution in [0.1, 0.15) is 43.5 Å². The molecule has 0 aliphatic heterocycles. The molecule has 1 aromatic rings. The lowest BCUT2D eigenvalue weighted by atomic mass is 9.82. The number of rotatable bonds is 3. The Balaban J connectivity index is 2.04. The maximum absolute atomic E-state index is 13.8. The zero-order valence-corrected chi connectivity index (χ0v) is 12.2. The minimum Gasteiger partial charge on any atom is -0.497 e. The first-order valence-corrected chi connectivity index (χ1v) is 7.04. The molecule has 3 nitrogen and oxygen atoms in total. The van der Waals surface area contributed by atoms with Gasteiger partial charge in [0.25, 0.3) is 0 Å². The molecule has 20 heavy (non-hydrogen) atoms. The van der Waals surface area contributed by atoms with Crippen molar-refractivity contribution in [3.63, 3.8) is 0 Å². The van der Waals surface area contributed by atoms with Crippen molar-refractivity contribution in [3.8, 4) is 5.75 Å². The maximum atomic E-state index is 13.8. The molecular formula is C16H21FO3. The van der Waals surface area contributed by atoms with Gasteiger partial charge in [-0.2, -0.15) is 0 Å². The van der Waals surface area contributed by atoms with Crippen LogP contribution >= 0.6 is 0 Å². The monoisotopic (exact) mass is 280 g/mol. The van der Waals surface area contributed by atoms with Gasteiger partial charge in [0.15, 0.2) is 0 Å². The van der Waals surface area contributed by atoms with Crippen LogP contribution in [-0.4, -0.2) is 19.2 Å². The number of hydrogen-bond acceptors (Lipinski definition) is 3. The zero-order valence-electron chi connectivity index (χ0n) is 12.2. The summed E-state index contributed by atoms with van der Waals surface area (Å²) in [6.45, 7) is 4.31. The molecule has 0 aromatic heterocycles. The Morgan fingerprint density at radius 3 is 2.40 bits per heavy atom. The second-order valence-corrected chi connectivity index (χ2v) is 5.79. The summed E-state index contributed by atoms with van der Waals surface area (Å²) >= 11 is 0. The quantitative estimate of drug-likeness (QED) is 0.790. The van der Waals surface area contributed by atoms with Crippen LogP contribution in [0.15, 0.2) is 18.2 Å². The Morgan fingerprint density at radius 1 is 1.20 bits per heavy atom. The second-order valence-electron chi connectivity index (χ2n) is 5.79. The van der Waals surface area contributed by atoms with Crippen LogP contribution in [0.4, 0.5) is 4.39 Å². The minimum absolute atomic E-state index is 0.0309. The van der Waals surface area contributed by atoms with Crippen molar-refractivity contribution >= 4 is 5.97 Å². The molecule has 1 aromatic carbocycles. The fourth-order valence-electron chi connectivity index (χ4n) is 2.97. The van der Waals surface area contributed by atoms with E-state index in [-0.39, 0.29) is 11.7 Å². The van der Waals surface area contributed by atoms with Crippen molar-refractivity contribution in [2.24, 2.45) is 11.8 Å². The summed E-state index contributed by atoms with van der Waals surface area (Å²) in [5.74, 6) is 0.274. The highest BCUT2D eigenvalue weighted by molar-refractivity contribution is 5.90. The van der Waals surface area contributed by atoms with Gasteiger partial charge in [-0.3, -0.25) is 0 Å². The van der Waals surface area contributed by atoms with Gasteiger partial charge in [0.05, 0.1) is 12.7 Å². The number of ether oxygens (including phenoxy) is 2. The number of esters is 1. The lowest BCUT2D eigenvalue weighted by Crippen LogP contribution is -2.28. The normalized spacial score (nSPS) is 26.1. The van der Waals surface area contributed by atoms with Crippen molar-refractivity contribution in [2.75, 3.05) is 7.11 Å². The number of carbonyl (C=O) groups excluding carboxylic acids is 1. The van der Waals surface area contributed by atoms with Crippen molar-refractivity contribution in [1.29, 1.82) is 0 Å². The summed E-state index contributed by atoms with van der Waals surface area (Å²) in [5.41, 5.74) is -0.0309. The fraction of sp³-hybridized carbons (Fsp3) is 0.562. The molecule has 0 radical (unpaired) electrons. The molecule has 1 saturated carbocycles. The number of benzene rings is 1. The van der Waals surface area contributed by atoms with Gasteiger partial charge in [0, 0.05) is 6.07 Å². The predicted molar refractivity (Wildman–Crippen MR) is 74.3 cm³/mol. The molecule has 110 valence electrons. The first kappa shape index (κ1) is 14.8. The Labute approximate surface area is 119 Å². The lowest BCUT2D eigenvalue weighted by Gasteiger charge is -2.31. The van der Waals surface area contributed by atoms with E-state index in [9.17, 15) is 9.18 Å². The lowest BCUT2D eigenvalue weighted by molar-refractivity contribution is 0.00761. The van der Waals surface area contributed by atoms with Crippen LogP contribution in [0, 0.1) is 17.7 Å². The van der Waals surface area contributed by atoms with E-state index in [1.807, 2.05) is 0 Å². The van der Waals surface area contributed by atoms with Gasteiger partial charge in [-0.1, -0.05) is 13.8 Å². The largest absolute Gasteiger partial charge is 0.497 e. The van der Waals surface area contributed by atoms with Crippen molar-refractivity contribution in [1.82, 2.24) is 0 Å². The van der Waals surface area contributed by atoms with Crippen molar-refractivity contribution in [3.05, 3.63) is 29.6 Å². The fourth-order valence-corrected chi connectivity index (χ4v) is 2.97. The molecule has 2 unspecified atom stereocenters. The summed E-state index contributed by atoms with van der Waals surface area (Å²) in [5, 5.41) is 0. The molecule has 0 saturated heterocycles. The Bertz CT molecular complexity index is 477. The molecule has 0 amide bonds. The van der Waals surface area contributed by atoms with E-state index >= 15 is 0 Å². The Hall–Kier alpha value is -1.58. The van der Waals surface area contributed by atoms with E-state index < -0.39 is 11.8 Å². The molecule has 1 fully saturated rings. The number of carbonyl (C=O) groups is 1. The summed E-state index contributed by atoms with van der Waals surface area (Å²) in [7, 11) is 1.46. The topological polar surface area (TPSA) is 35.5 Å². The first-order valence-electron chi connectivity index (χ1n) is 7.04. The smallest absolute Gasteiger partial charge is 0.341 e. The zero-order chi connectivity index (χ0) is 14.7. The van der Waals surface area contributed by atoms with Crippen LogP contribution in [0.3, 0.4) is 0 Å². The molecule has 0 N–H and O–H groups in total. The average molecular weight is 280 g/mol. The van der Waals surface area contributed by atoms with Crippen LogP contribution in [0.2, 0.25) is 0 Å². The van der Waals surface area contributed by atoms with E-state index in [2.05, 4.69) is 13.8 Å². The van der Waals surface area contributed by atoms with Crippen molar-refractivity contribution < 1.29 is 18.7 Å². The molecule has 0 spiro atoms. The Morgan fingerprint density at radius 2 is 1.85 bits per heavy atom. The van der Waals surface area contributed by atoms with Crippen LogP contribution in [0.5, 0.6) is 5.75 Å². The third-order valence-corrected chi connectivity index (χ3v) is 3.81. The third-order valence-electron chi connectivity index (χ3n) is 3.81. The molecule has 0 bridgehead atoms. The van der Waals surface area contributed by atoms with E-state index in [0.717, 1.165) is 19.3 Å². The van der Waals surface area contributed by atoms with Crippen LogP contribution in [0.25, 0.3) is 0 Å². The van der Waals surface area contributed by atoms with Crippen molar-refractivity contribution in [2.45, 2.75) is 39.2 Å². The van der Waals surface area contributed by atoms with Gasteiger partial charge in [-0.05, 0) is 43.2 Å². The first-order chi connectivity index (χ1) is 9.49. The van der Waals surface area contributed by atoms with Gasteiger partial charge in [0.1, 0.15) is 17.7 Å². The van der Waals surface area contributed by atoms with Crippen LogP contribution in [-0.2, 0) is 4.74 Å². The highest BCUT2D eigenvalue weighted by Gasteiger charge is 2.27. The SMILES string of the molecule is COc1ccc(C(=O)OC2CC(C)CC(C)C2)c(F)c1. The summed E-state index contributed by atoms with van der Waals surface area (Å²) in [4.78, 5) is 12.0. The molecule has 1 aliphatic rings. The van der Waals surface area contributed by atoms with E-state index in [4.69, 9.17) is 9.47 Å². The summed E-state index contributed by atoms with van der Waals surface area (Å²) in [6, 6.07) is 4.17. The molecule has 2 atom stereocenters. The molecule has 2 rings (SSSR count). The van der Waals surface area contributed by atoms with E-state index in [1.54, 1.807) is 6.07 Å². The molecule has 1 aliphatic carbocycles. The minimum atomic E-state index is -0.605. The second kappa shape index (κ2) is 6.25. The summed E-state index contributed by atoms with van der Waals surface area (Å²) < 4.78 is 24.2. The predicted octanol–water partition coefficient (Wildman–Crippen LogP) is 3.82. The number of hydrogen-bond donors (Lipinski definition) is 0. The highest BCUT2D eigenvalue weighted by atomic mass is 19.1. The summed E-state index contributed by atoms with van der Waals surface area (Å²) in [6.07, 6.45) is 2.76. The number of methoxy groups -OCH3 is 1. The molecule has 0 heterocycles. The standard InChI is InChI=1S/C16H21FO3/c1-10-6-11(2)8-13(7-10)20-16(18)14-5-4-12(19-3)9-15(14)17/h4-5,9-11,13H,6-8H2,1-3H3. The average Bonchev–Trinajstić information content (AvgIpc) is 2.36. The number of halogens is 1. The van der Waals surface area contributed by atoms with Crippen LogP contribution < -0.4 is 4.74 Å². The van der Waals surface area contributed by atoms with E-state index in [0.29, 0.717) is 17.6 Å². The molecule has 4 heteroatoms. The van der Waals surface area contributed by atoms with Gasteiger partial charge >= 0.3 is 5.97 Å². The molecular weight excluding hydrogens is 259 g/mol. The third kappa shape index (κ3) is 3.50. The Kier molecular flexibility index (Phi) is 4.63. The van der Waals surface area contributed by atoms with Gasteiger partial charge in [0.2, 0.25) is 0 Å². The maximum Gasteiger partial charge on any atom is 0.341 e. The van der Waals surface area contributed by atoms with E-state index in [1.165, 1.54) is 19.2 Å². The highest BCUT2D eigenvalue weighted by Crippen LogP contribution is 2.31.